The lowest BCUT2D eigenvalue weighted by molar-refractivity contribution is 0.0950. The topological polar surface area (TPSA) is 85.4 Å². The fourth-order valence-corrected chi connectivity index (χ4v) is 3.83. The van der Waals surface area contributed by atoms with Crippen molar-refractivity contribution in [2.75, 3.05) is 0 Å². The van der Waals surface area contributed by atoms with E-state index < -0.39 is 10.1 Å². The predicted molar refractivity (Wildman–Crippen MR) is 106 cm³/mol. The average Bonchev–Trinajstić information content (AvgIpc) is 2.69. The minimum absolute atomic E-state index is 0.129. The van der Waals surface area contributed by atoms with Crippen LogP contribution in [0.5, 0.6) is 5.75 Å². The van der Waals surface area contributed by atoms with Gasteiger partial charge in [-0.3, -0.25) is 9.78 Å². The summed E-state index contributed by atoms with van der Waals surface area (Å²) in [5.74, 6) is -0.142. The molecule has 0 spiro atoms. The number of aromatic nitrogens is 1. The van der Waals surface area contributed by atoms with Crippen molar-refractivity contribution >= 4 is 16.0 Å². The van der Waals surface area contributed by atoms with E-state index in [1.54, 1.807) is 31.3 Å². The van der Waals surface area contributed by atoms with E-state index in [1.807, 2.05) is 25.1 Å². The molecule has 28 heavy (non-hydrogen) atoms. The van der Waals surface area contributed by atoms with E-state index in [0.717, 1.165) is 11.3 Å². The molecule has 0 unspecified atom stereocenters. The number of aryl methyl sites for hydroxylation is 2. The summed E-state index contributed by atoms with van der Waals surface area (Å²) in [6.45, 7) is 3.83. The minimum atomic E-state index is -3.95. The van der Waals surface area contributed by atoms with Crippen LogP contribution in [0.2, 0.25) is 0 Å². The van der Waals surface area contributed by atoms with E-state index in [2.05, 4.69) is 10.3 Å². The van der Waals surface area contributed by atoms with Crippen molar-refractivity contribution in [3.8, 4) is 5.75 Å². The van der Waals surface area contributed by atoms with Crippen molar-refractivity contribution < 1.29 is 17.4 Å². The molecule has 1 aromatic heterocycles. The zero-order valence-corrected chi connectivity index (χ0v) is 16.4. The molecule has 7 heteroatoms. The van der Waals surface area contributed by atoms with E-state index in [9.17, 15) is 13.2 Å². The van der Waals surface area contributed by atoms with Crippen LogP contribution in [-0.2, 0) is 16.7 Å². The van der Waals surface area contributed by atoms with Gasteiger partial charge in [0.05, 0.1) is 12.2 Å². The van der Waals surface area contributed by atoms with Crippen LogP contribution in [0.3, 0.4) is 0 Å². The Hall–Kier alpha value is -3.19. The van der Waals surface area contributed by atoms with Gasteiger partial charge in [-0.05, 0) is 67.4 Å². The molecule has 0 atom stereocenters. The molecule has 1 heterocycles. The fourth-order valence-electron chi connectivity index (χ4n) is 2.59. The van der Waals surface area contributed by atoms with E-state index in [4.69, 9.17) is 4.18 Å². The number of nitrogens with zero attached hydrogens (tertiary/aromatic N) is 1. The number of hydrogen-bond acceptors (Lipinski definition) is 5. The third-order valence-electron chi connectivity index (χ3n) is 4.09. The molecule has 0 radical (unpaired) electrons. The predicted octanol–water partition coefficient (Wildman–Crippen LogP) is 3.40. The Balaban J connectivity index is 1.68. The van der Waals surface area contributed by atoms with Crippen molar-refractivity contribution in [1.29, 1.82) is 0 Å². The van der Waals surface area contributed by atoms with E-state index in [1.165, 1.54) is 24.3 Å². The van der Waals surface area contributed by atoms with Crippen molar-refractivity contribution in [2.45, 2.75) is 25.3 Å². The smallest absolute Gasteiger partial charge is 0.339 e. The van der Waals surface area contributed by atoms with Crippen LogP contribution in [0, 0.1) is 13.8 Å². The average molecular weight is 396 g/mol. The van der Waals surface area contributed by atoms with Gasteiger partial charge in [0, 0.05) is 11.8 Å². The van der Waals surface area contributed by atoms with Crippen molar-refractivity contribution in [2.24, 2.45) is 0 Å². The number of rotatable bonds is 6. The quantitative estimate of drug-likeness (QED) is 0.646. The molecule has 3 aromatic rings. The molecule has 0 fully saturated rings. The molecular formula is C21H20N2O4S. The lowest BCUT2D eigenvalue weighted by Crippen LogP contribution is -2.23. The maximum atomic E-state index is 12.5. The summed E-state index contributed by atoms with van der Waals surface area (Å²) in [7, 11) is -3.95. The number of amides is 1. The molecule has 0 aliphatic heterocycles. The standard InChI is InChI=1S/C21H20N2O4S/c1-15-6-7-16(2)20(13-15)28(25,26)27-19-10-8-17(9-11-19)21(24)23-14-18-5-3-4-12-22-18/h3-13H,14H2,1-2H3,(H,23,24). The Labute approximate surface area is 164 Å². The van der Waals surface area contributed by atoms with Crippen LogP contribution in [0.15, 0.2) is 71.8 Å². The molecule has 2 aromatic carbocycles. The Morgan fingerprint density at radius 3 is 2.46 bits per heavy atom. The van der Waals surface area contributed by atoms with Crippen LogP contribution in [0.4, 0.5) is 0 Å². The van der Waals surface area contributed by atoms with Gasteiger partial charge in [0.15, 0.2) is 0 Å². The first kappa shape index (κ1) is 19.6. The first-order valence-corrected chi connectivity index (χ1v) is 10.1. The normalized spacial score (nSPS) is 11.1. The second-order valence-electron chi connectivity index (χ2n) is 6.33. The van der Waals surface area contributed by atoms with E-state index in [-0.39, 0.29) is 16.6 Å². The zero-order chi connectivity index (χ0) is 20.1. The summed E-state index contributed by atoms with van der Waals surface area (Å²) in [6.07, 6.45) is 1.66. The van der Waals surface area contributed by atoms with E-state index >= 15 is 0 Å². The van der Waals surface area contributed by atoms with Gasteiger partial charge < -0.3 is 9.50 Å². The third-order valence-corrected chi connectivity index (χ3v) is 5.48. The SMILES string of the molecule is Cc1ccc(C)c(S(=O)(=O)Oc2ccc(C(=O)NCc3ccccn3)cc2)c1. The highest BCUT2D eigenvalue weighted by molar-refractivity contribution is 7.87. The number of nitrogens with one attached hydrogen (secondary N) is 1. The van der Waals surface area contributed by atoms with Crippen LogP contribution >= 0.6 is 0 Å². The van der Waals surface area contributed by atoms with Crippen molar-refractivity contribution in [3.63, 3.8) is 0 Å². The monoisotopic (exact) mass is 396 g/mol. The molecule has 6 nitrogen and oxygen atoms in total. The Kier molecular flexibility index (Phi) is 5.75. The first-order valence-electron chi connectivity index (χ1n) is 8.65. The molecule has 0 saturated carbocycles. The number of hydrogen-bond donors (Lipinski definition) is 1. The van der Waals surface area contributed by atoms with Gasteiger partial charge in [0.25, 0.3) is 5.91 Å². The third kappa shape index (κ3) is 4.75. The molecule has 0 saturated heterocycles. The Morgan fingerprint density at radius 1 is 1.04 bits per heavy atom. The number of benzene rings is 2. The van der Waals surface area contributed by atoms with Crippen LogP contribution in [0.25, 0.3) is 0 Å². The lowest BCUT2D eigenvalue weighted by Gasteiger charge is -2.10. The number of carbonyl (C=O) groups is 1. The largest absolute Gasteiger partial charge is 0.379 e. The van der Waals surface area contributed by atoms with Gasteiger partial charge in [0.2, 0.25) is 0 Å². The van der Waals surface area contributed by atoms with Gasteiger partial charge in [-0.2, -0.15) is 8.42 Å². The molecular weight excluding hydrogens is 376 g/mol. The van der Waals surface area contributed by atoms with Crippen molar-refractivity contribution in [3.05, 3.63) is 89.2 Å². The zero-order valence-electron chi connectivity index (χ0n) is 15.5. The first-order chi connectivity index (χ1) is 13.3. The van der Waals surface area contributed by atoms with Crippen LogP contribution < -0.4 is 9.50 Å². The van der Waals surface area contributed by atoms with Crippen molar-refractivity contribution in [1.82, 2.24) is 10.3 Å². The van der Waals surface area contributed by atoms with E-state index in [0.29, 0.717) is 17.7 Å². The highest BCUT2D eigenvalue weighted by Crippen LogP contribution is 2.22. The molecule has 144 valence electrons. The summed E-state index contributed by atoms with van der Waals surface area (Å²) in [6, 6.07) is 16.6. The maximum absolute atomic E-state index is 12.5. The maximum Gasteiger partial charge on any atom is 0.339 e. The summed E-state index contributed by atoms with van der Waals surface area (Å²) >= 11 is 0. The molecule has 0 bridgehead atoms. The van der Waals surface area contributed by atoms with Crippen LogP contribution in [-0.4, -0.2) is 19.3 Å². The molecule has 1 amide bonds. The van der Waals surface area contributed by atoms with Gasteiger partial charge in [-0.15, -0.1) is 0 Å². The summed E-state index contributed by atoms with van der Waals surface area (Å²) in [5, 5.41) is 2.76. The van der Waals surface area contributed by atoms with Gasteiger partial charge in [0.1, 0.15) is 10.6 Å². The Bertz CT molecular complexity index is 1080. The number of pyridine rings is 1. The summed E-state index contributed by atoms with van der Waals surface area (Å²) in [4.78, 5) is 16.5. The molecule has 3 rings (SSSR count). The van der Waals surface area contributed by atoms with Gasteiger partial charge >= 0.3 is 10.1 Å². The molecule has 0 aliphatic rings. The molecule has 1 N–H and O–H groups in total. The van der Waals surface area contributed by atoms with Gasteiger partial charge in [-0.25, -0.2) is 0 Å². The highest BCUT2D eigenvalue weighted by Gasteiger charge is 2.19. The summed E-state index contributed by atoms with van der Waals surface area (Å²) < 4.78 is 30.3. The van der Waals surface area contributed by atoms with Gasteiger partial charge in [-0.1, -0.05) is 18.2 Å². The number of carbonyl (C=O) groups excluding carboxylic acids is 1. The Morgan fingerprint density at radius 2 is 1.79 bits per heavy atom. The summed E-state index contributed by atoms with van der Waals surface area (Å²) in [5.41, 5.74) is 2.58. The minimum Gasteiger partial charge on any atom is -0.379 e. The second-order valence-corrected chi connectivity index (χ2v) is 7.85. The fraction of sp³-hybridized carbons (Fsp3) is 0.143. The molecule has 0 aliphatic carbocycles. The highest BCUT2D eigenvalue weighted by atomic mass is 32.2. The lowest BCUT2D eigenvalue weighted by atomic mass is 10.2. The second kappa shape index (κ2) is 8.22. The van der Waals surface area contributed by atoms with Crippen LogP contribution in [0.1, 0.15) is 27.2 Å².